The lowest BCUT2D eigenvalue weighted by Gasteiger charge is -2.14. The minimum Gasteiger partial charge on any atom is -0.381 e. The van der Waals surface area contributed by atoms with Crippen molar-refractivity contribution in [3.63, 3.8) is 0 Å². The molecule has 134 valence electrons. The largest absolute Gasteiger partial charge is 0.416 e. The molecule has 0 radical (unpaired) electrons. The van der Waals surface area contributed by atoms with Crippen LogP contribution < -0.4 is 5.32 Å². The maximum Gasteiger partial charge on any atom is 0.416 e. The fourth-order valence-corrected chi connectivity index (χ4v) is 2.86. The third kappa shape index (κ3) is 4.42. The van der Waals surface area contributed by atoms with E-state index in [1.165, 1.54) is 6.07 Å². The van der Waals surface area contributed by atoms with Crippen molar-refractivity contribution < 1.29 is 13.2 Å². The molecule has 3 aromatic rings. The molecule has 0 spiro atoms. The van der Waals surface area contributed by atoms with Gasteiger partial charge in [-0.1, -0.05) is 30.3 Å². The van der Waals surface area contributed by atoms with E-state index in [4.69, 9.17) is 0 Å². The first-order chi connectivity index (χ1) is 12.3. The second-order valence-electron chi connectivity index (χ2n) is 6.27. The van der Waals surface area contributed by atoms with Crippen molar-refractivity contribution >= 4 is 5.69 Å². The van der Waals surface area contributed by atoms with Crippen molar-refractivity contribution in [2.45, 2.75) is 26.6 Å². The lowest BCUT2D eigenvalue weighted by molar-refractivity contribution is -0.137. The SMILES string of the molecule is Cc1cc(-c2cc(NCc3ccccc3)cc(C(F)(F)F)c2)cc(C)n1. The molecule has 3 rings (SSSR count). The second-order valence-corrected chi connectivity index (χ2v) is 6.27. The third-order valence-electron chi connectivity index (χ3n) is 4.01. The smallest absolute Gasteiger partial charge is 0.381 e. The summed E-state index contributed by atoms with van der Waals surface area (Å²) in [5.41, 5.74) is 3.56. The lowest BCUT2D eigenvalue weighted by Crippen LogP contribution is -2.07. The van der Waals surface area contributed by atoms with Gasteiger partial charge < -0.3 is 5.32 Å². The molecule has 0 fully saturated rings. The van der Waals surface area contributed by atoms with Gasteiger partial charge in [0.1, 0.15) is 0 Å². The molecule has 0 saturated carbocycles. The van der Waals surface area contributed by atoms with Crippen LogP contribution >= 0.6 is 0 Å². The zero-order valence-electron chi connectivity index (χ0n) is 14.6. The zero-order valence-corrected chi connectivity index (χ0v) is 14.6. The Balaban J connectivity index is 1.98. The summed E-state index contributed by atoms with van der Waals surface area (Å²) in [5.74, 6) is 0. The average Bonchev–Trinajstić information content (AvgIpc) is 2.59. The van der Waals surface area contributed by atoms with Crippen LogP contribution in [-0.4, -0.2) is 4.98 Å². The van der Waals surface area contributed by atoms with Gasteiger partial charge in [0, 0.05) is 23.6 Å². The second kappa shape index (κ2) is 7.20. The molecular weight excluding hydrogens is 337 g/mol. The summed E-state index contributed by atoms with van der Waals surface area (Å²) in [6.07, 6.45) is -4.41. The number of rotatable bonds is 4. The van der Waals surface area contributed by atoms with Gasteiger partial charge in [-0.15, -0.1) is 0 Å². The highest BCUT2D eigenvalue weighted by molar-refractivity contribution is 5.70. The molecule has 0 aliphatic rings. The number of hydrogen-bond donors (Lipinski definition) is 1. The summed E-state index contributed by atoms with van der Waals surface area (Å²) in [6, 6.07) is 17.2. The average molecular weight is 356 g/mol. The molecule has 2 nitrogen and oxygen atoms in total. The molecule has 0 unspecified atom stereocenters. The summed E-state index contributed by atoms with van der Waals surface area (Å²) < 4.78 is 40.0. The molecular formula is C21H19F3N2. The van der Waals surface area contributed by atoms with Crippen LogP contribution in [0.3, 0.4) is 0 Å². The standard InChI is InChI=1S/C21H19F3N2/c1-14-8-17(9-15(2)26-14)18-10-19(21(22,23)24)12-20(11-18)25-13-16-6-4-3-5-7-16/h3-12,25H,13H2,1-2H3. The number of anilines is 1. The Morgan fingerprint density at radius 2 is 1.46 bits per heavy atom. The highest BCUT2D eigenvalue weighted by Crippen LogP contribution is 2.35. The summed E-state index contributed by atoms with van der Waals surface area (Å²) in [4.78, 5) is 4.29. The van der Waals surface area contributed by atoms with E-state index in [0.717, 1.165) is 28.6 Å². The highest BCUT2D eigenvalue weighted by atomic mass is 19.4. The predicted molar refractivity (Wildman–Crippen MR) is 97.9 cm³/mol. The van der Waals surface area contributed by atoms with Gasteiger partial charge in [0.2, 0.25) is 0 Å². The summed E-state index contributed by atoms with van der Waals surface area (Å²) in [5, 5.41) is 3.10. The first-order valence-corrected chi connectivity index (χ1v) is 8.27. The zero-order chi connectivity index (χ0) is 18.7. The molecule has 0 bridgehead atoms. The van der Waals surface area contributed by atoms with E-state index in [1.54, 1.807) is 18.2 Å². The number of nitrogens with zero attached hydrogens (tertiary/aromatic N) is 1. The Morgan fingerprint density at radius 1 is 0.846 bits per heavy atom. The van der Waals surface area contributed by atoms with Gasteiger partial charge in [-0.25, -0.2) is 0 Å². The van der Waals surface area contributed by atoms with Crippen LogP contribution in [0.5, 0.6) is 0 Å². The van der Waals surface area contributed by atoms with E-state index in [-0.39, 0.29) is 0 Å². The molecule has 1 N–H and O–H groups in total. The van der Waals surface area contributed by atoms with Gasteiger partial charge in [0.15, 0.2) is 0 Å². The molecule has 0 amide bonds. The van der Waals surface area contributed by atoms with Gasteiger partial charge >= 0.3 is 6.18 Å². The normalized spacial score (nSPS) is 11.4. The fourth-order valence-electron chi connectivity index (χ4n) is 2.86. The van der Waals surface area contributed by atoms with E-state index in [1.807, 2.05) is 44.2 Å². The Morgan fingerprint density at radius 3 is 2.08 bits per heavy atom. The number of benzene rings is 2. The van der Waals surface area contributed by atoms with Crippen LogP contribution in [-0.2, 0) is 12.7 Å². The monoisotopic (exact) mass is 356 g/mol. The van der Waals surface area contributed by atoms with Gasteiger partial charge in [0.25, 0.3) is 0 Å². The summed E-state index contributed by atoms with van der Waals surface area (Å²) in [6.45, 7) is 4.12. The highest BCUT2D eigenvalue weighted by Gasteiger charge is 2.31. The van der Waals surface area contributed by atoms with Crippen LogP contribution in [0.15, 0.2) is 60.7 Å². The van der Waals surface area contributed by atoms with Crippen LogP contribution in [0.2, 0.25) is 0 Å². The number of aryl methyl sites for hydroxylation is 2. The van der Waals surface area contributed by atoms with Crippen molar-refractivity contribution in [1.82, 2.24) is 4.98 Å². The van der Waals surface area contributed by atoms with E-state index in [0.29, 0.717) is 17.8 Å². The van der Waals surface area contributed by atoms with Crippen LogP contribution in [0.25, 0.3) is 11.1 Å². The molecule has 0 saturated heterocycles. The molecule has 0 aliphatic carbocycles. The molecule has 2 aromatic carbocycles. The van der Waals surface area contributed by atoms with Crippen molar-refractivity contribution in [2.24, 2.45) is 0 Å². The Labute approximate surface area is 150 Å². The van der Waals surface area contributed by atoms with Gasteiger partial charge in [0.05, 0.1) is 5.56 Å². The first-order valence-electron chi connectivity index (χ1n) is 8.27. The number of alkyl halides is 3. The number of pyridine rings is 1. The maximum absolute atomic E-state index is 13.3. The van der Waals surface area contributed by atoms with E-state index in [9.17, 15) is 13.2 Å². The quantitative estimate of drug-likeness (QED) is 0.620. The van der Waals surface area contributed by atoms with Crippen LogP contribution in [0.4, 0.5) is 18.9 Å². The number of nitrogens with one attached hydrogen (secondary N) is 1. The van der Waals surface area contributed by atoms with Crippen molar-refractivity contribution in [1.29, 1.82) is 0 Å². The van der Waals surface area contributed by atoms with Crippen LogP contribution in [0.1, 0.15) is 22.5 Å². The number of aromatic nitrogens is 1. The van der Waals surface area contributed by atoms with Gasteiger partial charge in [-0.2, -0.15) is 13.2 Å². The Kier molecular flexibility index (Phi) is 4.98. The van der Waals surface area contributed by atoms with Crippen molar-refractivity contribution in [3.05, 3.63) is 83.2 Å². The Hall–Kier alpha value is -2.82. The summed E-state index contributed by atoms with van der Waals surface area (Å²) >= 11 is 0. The Bertz CT molecular complexity index is 883. The van der Waals surface area contributed by atoms with Crippen molar-refractivity contribution in [2.75, 3.05) is 5.32 Å². The minimum absolute atomic E-state index is 0.436. The molecule has 5 heteroatoms. The van der Waals surface area contributed by atoms with E-state index < -0.39 is 11.7 Å². The predicted octanol–water partition coefficient (Wildman–Crippen LogP) is 6.00. The van der Waals surface area contributed by atoms with Crippen LogP contribution in [0, 0.1) is 13.8 Å². The maximum atomic E-state index is 13.3. The van der Waals surface area contributed by atoms with Crippen molar-refractivity contribution in [3.8, 4) is 11.1 Å². The third-order valence-corrected chi connectivity index (χ3v) is 4.01. The van der Waals surface area contributed by atoms with E-state index in [2.05, 4.69) is 10.3 Å². The van der Waals surface area contributed by atoms with Gasteiger partial charge in [-0.05, 0) is 60.9 Å². The number of halogens is 3. The summed E-state index contributed by atoms with van der Waals surface area (Å²) in [7, 11) is 0. The first kappa shape index (κ1) is 18.0. The van der Waals surface area contributed by atoms with Gasteiger partial charge in [-0.3, -0.25) is 4.98 Å². The lowest BCUT2D eigenvalue weighted by atomic mass is 10.0. The molecule has 1 aromatic heterocycles. The topological polar surface area (TPSA) is 24.9 Å². The molecule has 26 heavy (non-hydrogen) atoms. The molecule has 0 aliphatic heterocycles. The minimum atomic E-state index is -4.41. The molecule has 1 heterocycles. The van der Waals surface area contributed by atoms with E-state index >= 15 is 0 Å². The molecule has 0 atom stereocenters. The fraction of sp³-hybridized carbons (Fsp3) is 0.190. The number of hydrogen-bond acceptors (Lipinski definition) is 2.